The van der Waals surface area contributed by atoms with Crippen molar-refractivity contribution in [3.05, 3.63) is 0 Å². The molecular weight excluding hydrogens is 266 g/mol. The molecule has 0 saturated heterocycles. The number of hydrogen-bond donors (Lipinski definition) is 2. The molecule has 0 aromatic carbocycles. The van der Waals surface area contributed by atoms with E-state index in [2.05, 4.69) is 11.4 Å². The fraction of sp³-hybridized carbons (Fsp3) is 0.875. The van der Waals surface area contributed by atoms with E-state index in [0.717, 1.165) is 64.3 Å². The van der Waals surface area contributed by atoms with Crippen LogP contribution in [-0.4, -0.2) is 48.2 Å². The molecule has 0 radical (unpaired) electrons. The number of rotatable bonds is 8. The van der Waals surface area contributed by atoms with Gasteiger partial charge in [0, 0.05) is 6.61 Å². The average molecular weight is 295 g/mol. The molecule has 0 atom stereocenters. The van der Waals surface area contributed by atoms with Crippen LogP contribution in [0.3, 0.4) is 0 Å². The van der Waals surface area contributed by atoms with Crippen LogP contribution in [0.5, 0.6) is 0 Å². The largest absolute Gasteiger partial charge is 0.396 e. The summed E-state index contributed by atoms with van der Waals surface area (Å²) < 4.78 is 0. The third-order valence-corrected chi connectivity index (χ3v) is 4.16. The minimum Gasteiger partial charge on any atom is -0.396 e. The van der Waals surface area contributed by atoms with Crippen molar-refractivity contribution >= 4 is 5.91 Å². The van der Waals surface area contributed by atoms with E-state index < -0.39 is 5.54 Å². The molecule has 0 bridgehead atoms. The molecule has 120 valence electrons. The Morgan fingerprint density at radius 1 is 1.24 bits per heavy atom. The highest BCUT2D eigenvalue weighted by molar-refractivity contribution is 5.79. The van der Waals surface area contributed by atoms with E-state index in [0.29, 0.717) is 6.54 Å². The van der Waals surface area contributed by atoms with Crippen LogP contribution < -0.4 is 5.32 Å². The van der Waals surface area contributed by atoms with Gasteiger partial charge in [-0.1, -0.05) is 25.7 Å². The molecule has 5 nitrogen and oxygen atoms in total. The maximum absolute atomic E-state index is 12.1. The zero-order valence-electron chi connectivity index (χ0n) is 13.2. The van der Waals surface area contributed by atoms with E-state index in [4.69, 9.17) is 5.11 Å². The van der Waals surface area contributed by atoms with E-state index in [9.17, 15) is 10.1 Å². The molecule has 1 saturated carbocycles. The number of nitrogens with one attached hydrogen (secondary N) is 1. The standard InChI is InChI=1S/C16H29N3O2/c1-19(11-7-4-8-12-20)13-15(21)18-16(14-17)9-5-2-3-6-10-16/h20H,2-13H2,1H3,(H,18,21). The normalized spacial score (nSPS) is 18.0. The lowest BCUT2D eigenvalue weighted by Gasteiger charge is -2.27. The Labute approximate surface area is 128 Å². The Balaban J connectivity index is 2.35. The zero-order chi connectivity index (χ0) is 15.6. The number of nitrogens with zero attached hydrogens (tertiary/aromatic N) is 2. The van der Waals surface area contributed by atoms with Crippen LogP contribution in [-0.2, 0) is 4.79 Å². The maximum atomic E-state index is 12.1. The number of nitriles is 1. The summed E-state index contributed by atoms with van der Waals surface area (Å²) in [5.74, 6) is -0.0527. The predicted molar refractivity (Wildman–Crippen MR) is 82.6 cm³/mol. The first-order chi connectivity index (χ1) is 10.1. The zero-order valence-corrected chi connectivity index (χ0v) is 13.2. The Kier molecular flexibility index (Phi) is 8.33. The summed E-state index contributed by atoms with van der Waals surface area (Å²) in [5.41, 5.74) is -0.648. The first kappa shape index (κ1) is 17.9. The lowest BCUT2D eigenvalue weighted by Crippen LogP contribution is -2.50. The monoisotopic (exact) mass is 295 g/mol. The van der Waals surface area contributed by atoms with Gasteiger partial charge >= 0.3 is 0 Å². The summed E-state index contributed by atoms with van der Waals surface area (Å²) in [6, 6.07) is 2.34. The minimum absolute atomic E-state index is 0.0527. The fourth-order valence-electron chi connectivity index (χ4n) is 2.90. The summed E-state index contributed by atoms with van der Waals surface area (Å²) in [7, 11) is 1.92. The van der Waals surface area contributed by atoms with E-state index in [1.165, 1.54) is 0 Å². The quantitative estimate of drug-likeness (QED) is 0.529. The van der Waals surface area contributed by atoms with E-state index >= 15 is 0 Å². The molecule has 0 aromatic heterocycles. The van der Waals surface area contributed by atoms with Crippen LogP contribution in [0.4, 0.5) is 0 Å². The predicted octanol–water partition coefficient (Wildman–Crippen LogP) is 1.81. The van der Waals surface area contributed by atoms with Gasteiger partial charge in [-0.2, -0.15) is 5.26 Å². The maximum Gasteiger partial charge on any atom is 0.235 e. The summed E-state index contributed by atoms with van der Waals surface area (Å²) >= 11 is 0. The molecule has 1 fully saturated rings. The molecule has 1 aliphatic carbocycles. The van der Waals surface area contributed by atoms with Gasteiger partial charge < -0.3 is 10.4 Å². The van der Waals surface area contributed by atoms with Crippen molar-refractivity contribution in [2.75, 3.05) is 26.7 Å². The number of aliphatic hydroxyl groups is 1. The van der Waals surface area contributed by atoms with Crippen LogP contribution in [0, 0.1) is 11.3 Å². The molecule has 1 aliphatic rings. The van der Waals surface area contributed by atoms with Gasteiger partial charge in [-0.05, 0) is 45.7 Å². The van der Waals surface area contributed by atoms with Gasteiger partial charge in [0.15, 0.2) is 0 Å². The highest BCUT2D eigenvalue weighted by Crippen LogP contribution is 2.26. The van der Waals surface area contributed by atoms with Crippen molar-refractivity contribution in [3.63, 3.8) is 0 Å². The number of aliphatic hydroxyl groups excluding tert-OH is 1. The van der Waals surface area contributed by atoms with Crippen molar-refractivity contribution in [3.8, 4) is 6.07 Å². The Morgan fingerprint density at radius 2 is 1.90 bits per heavy atom. The molecule has 0 spiro atoms. The number of unbranched alkanes of at least 4 members (excludes halogenated alkanes) is 2. The van der Waals surface area contributed by atoms with Crippen LogP contribution in [0.2, 0.25) is 0 Å². The molecule has 0 aliphatic heterocycles. The second-order valence-electron chi connectivity index (χ2n) is 6.18. The van der Waals surface area contributed by atoms with Crippen LogP contribution in [0.15, 0.2) is 0 Å². The molecule has 1 rings (SSSR count). The first-order valence-electron chi connectivity index (χ1n) is 8.13. The highest BCUT2D eigenvalue weighted by Gasteiger charge is 2.32. The summed E-state index contributed by atoms with van der Waals surface area (Å²) in [6.45, 7) is 1.41. The molecule has 21 heavy (non-hydrogen) atoms. The van der Waals surface area contributed by atoms with Gasteiger partial charge in [0.05, 0.1) is 12.6 Å². The van der Waals surface area contributed by atoms with E-state index in [1.807, 2.05) is 11.9 Å². The number of amides is 1. The Bertz CT molecular complexity index is 344. The third kappa shape index (κ3) is 6.92. The molecule has 1 amide bonds. The van der Waals surface area contributed by atoms with Crippen LogP contribution in [0.25, 0.3) is 0 Å². The van der Waals surface area contributed by atoms with Gasteiger partial charge in [0.2, 0.25) is 5.91 Å². The summed E-state index contributed by atoms with van der Waals surface area (Å²) in [5, 5.41) is 21.2. The number of likely N-dealkylation sites (N-methyl/N-ethyl adjacent to an activating group) is 1. The first-order valence-corrected chi connectivity index (χ1v) is 8.13. The van der Waals surface area contributed by atoms with Crippen molar-refractivity contribution in [2.45, 2.75) is 63.3 Å². The number of hydrogen-bond acceptors (Lipinski definition) is 4. The summed E-state index contributed by atoms with van der Waals surface area (Å²) in [6.07, 6.45) is 8.67. The van der Waals surface area contributed by atoms with Gasteiger partial charge in [-0.25, -0.2) is 0 Å². The minimum atomic E-state index is -0.648. The SMILES string of the molecule is CN(CCCCCO)CC(=O)NC1(C#N)CCCCCC1. The van der Waals surface area contributed by atoms with E-state index in [1.54, 1.807) is 0 Å². The molecule has 0 aromatic rings. The second-order valence-corrected chi connectivity index (χ2v) is 6.18. The lowest BCUT2D eigenvalue weighted by atomic mass is 9.92. The van der Waals surface area contributed by atoms with Crippen LogP contribution in [0.1, 0.15) is 57.8 Å². The highest BCUT2D eigenvalue weighted by atomic mass is 16.2. The molecule has 0 heterocycles. The number of carbonyl (C=O) groups excluding carboxylic acids is 1. The molecule has 5 heteroatoms. The molecule has 2 N–H and O–H groups in total. The van der Waals surface area contributed by atoms with Gasteiger partial charge in [-0.15, -0.1) is 0 Å². The lowest BCUT2D eigenvalue weighted by molar-refractivity contribution is -0.123. The van der Waals surface area contributed by atoms with Crippen molar-refractivity contribution in [1.82, 2.24) is 10.2 Å². The van der Waals surface area contributed by atoms with Gasteiger partial charge in [-0.3, -0.25) is 9.69 Å². The van der Waals surface area contributed by atoms with Crippen molar-refractivity contribution in [2.24, 2.45) is 0 Å². The topological polar surface area (TPSA) is 76.4 Å². The Hall–Kier alpha value is -1.12. The van der Waals surface area contributed by atoms with Crippen molar-refractivity contribution < 1.29 is 9.90 Å². The molecular formula is C16H29N3O2. The second kappa shape index (κ2) is 9.75. The third-order valence-electron chi connectivity index (χ3n) is 4.16. The van der Waals surface area contributed by atoms with Gasteiger partial charge in [0.1, 0.15) is 5.54 Å². The number of carbonyl (C=O) groups is 1. The molecule has 0 unspecified atom stereocenters. The van der Waals surface area contributed by atoms with E-state index in [-0.39, 0.29) is 12.5 Å². The van der Waals surface area contributed by atoms with Crippen molar-refractivity contribution in [1.29, 1.82) is 5.26 Å². The fourth-order valence-corrected chi connectivity index (χ4v) is 2.90. The average Bonchev–Trinajstić information content (AvgIpc) is 2.69. The van der Waals surface area contributed by atoms with Crippen LogP contribution >= 0.6 is 0 Å². The summed E-state index contributed by atoms with van der Waals surface area (Å²) in [4.78, 5) is 14.1. The Morgan fingerprint density at radius 3 is 2.48 bits per heavy atom. The smallest absolute Gasteiger partial charge is 0.235 e. The van der Waals surface area contributed by atoms with Gasteiger partial charge in [0.25, 0.3) is 0 Å².